The third-order valence-electron chi connectivity index (χ3n) is 5.31. The molecule has 1 fully saturated rings. The van der Waals surface area contributed by atoms with Crippen molar-refractivity contribution in [3.05, 3.63) is 35.3 Å². The number of aromatic nitrogens is 1. The number of benzene rings is 1. The Labute approximate surface area is 186 Å². The van der Waals surface area contributed by atoms with Gasteiger partial charge in [-0.1, -0.05) is 19.9 Å². The van der Waals surface area contributed by atoms with Crippen molar-refractivity contribution in [2.75, 3.05) is 0 Å². The number of aliphatic carboxylic acids is 1. The van der Waals surface area contributed by atoms with Gasteiger partial charge in [-0.3, -0.25) is 4.79 Å². The quantitative estimate of drug-likeness (QED) is 0.524. The molecule has 6 nitrogen and oxygen atoms in total. The van der Waals surface area contributed by atoms with Gasteiger partial charge in [0.05, 0.1) is 23.1 Å². The van der Waals surface area contributed by atoms with Crippen molar-refractivity contribution >= 4 is 22.8 Å². The van der Waals surface area contributed by atoms with Gasteiger partial charge in [0.25, 0.3) is 5.91 Å². The smallest absolute Gasteiger partial charge is 0.548 e. The van der Waals surface area contributed by atoms with Crippen LogP contribution in [-0.4, -0.2) is 33.6 Å². The molecule has 1 heterocycles. The zero-order valence-electron chi connectivity index (χ0n) is 14.6. The van der Waals surface area contributed by atoms with Crippen molar-refractivity contribution < 1.29 is 75.6 Å². The van der Waals surface area contributed by atoms with Gasteiger partial charge in [-0.15, -0.1) is 0 Å². The van der Waals surface area contributed by atoms with E-state index in [1.807, 2.05) is 0 Å². The maximum absolute atomic E-state index is 13.9. The van der Waals surface area contributed by atoms with Crippen LogP contribution in [0.5, 0.6) is 0 Å². The number of aromatic amines is 1. The Morgan fingerprint density at radius 1 is 1.40 bits per heavy atom. The molecule has 0 spiro atoms. The van der Waals surface area contributed by atoms with Gasteiger partial charge >= 0.3 is 51.4 Å². The van der Waals surface area contributed by atoms with E-state index in [1.165, 1.54) is 12.1 Å². The predicted molar refractivity (Wildman–Crippen MR) is 82.6 cm³/mol. The standard InChI is InChI=1S/C17H19FN2O4.K/c1-8-4-5-10(18)13-9(8)6-11(19-13)14(22)20-17(15(23)24)7-12(21)16(17,2)3;/h4-6,12,19,21H,7H2,1-3H3,(H,20,22)(H,23,24);/q;+1/p-1. The average Bonchev–Trinajstić information content (AvgIpc) is 2.96. The third kappa shape index (κ3) is 2.98. The third-order valence-corrected chi connectivity index (χ3v) is 5.31. The first-order valence-corrected chi connectivity index (χ1v) is 7.60. The molecule has 1 aliphatic carbocycles. The first-order valence-electron chi connectivity index (χ1n) is 7.60. The number of hydrogen-bond donors (Lipinski definition) is 3. The number of carbonyl (C=O) groups excluding carboxylic acids is 2. The first-order chi connectivity index (χ1) is 11.1. The van der Waals surface area contributed by atoms with Crippen LogP contribution in [0, 0.1) is 18.2 Å². The number of hydrogen-bond acceptors (Lipinski definition) is 4. The fourth-order valence-electron chi connectivity index (χ4n) is 3.28. The van der Waals surface area contributed by atoms with Gasteiger partial charge in [-0.2, -0.15) is 0 Å². The van der Waals surface area contributed by atoms with E-state index in [1.54, 1.807) is 26.8 Å². The van der Waals surface area contributed by atoms with E-state index in [0.29, 0.717) is 5.39 Å². The molecule has 1 aliphatic rings. The number of rotatable bonds is 3. The van der Waals surface area contributed by atoms with E-state index in [4.69, 9.17) is 0 Å². The molecule has 0 saturated heterocycles. The van der Waals surface area contributed by atoms with Crippen LogP contribution in [0.15, 0.2) is 18.2 Å². The number of fused-ring (bicyclic) bond motifs is 1. The van der Waals surface area contributed by atoms with Crippen LogP contribution in [0.3, 0.4) is 0 Å². The molecule has 0 bridgehead atoms. The van der Waals surface area contributed by atoms with Crippen molar-refractivity contribution in [3.8, 4) is 0 Å². The largest absolute Gasteiger partial charge is 1.00 e. The summed E-state index contributed by atoms with van der Waals surface area (Å²) in [7, 11) is 0. The maximum Gasteiger partial charge on any atom is 1.00 e. The molecule has 25 heavy (non-hydrogen) atoms. The van der Waals surface area contributed by atoms with Gasteiger partial charge in [0.1, 0.15) is 11.5 Å². The minimum absolute atomic E-state index is 0. The first kappa shape index (κ1) is 20.5. The summed E-state index contributed by atoms with van der Waals surface area (Å²) in [6, 6.07) is 4.37. The summed E-state index contributed by atoms with van der Waals surface area (Å²) in [4.78, 5) is 26.8. The van der Waals surface area contributed by atoms with Crippen molar-refractivity contribution in [3.63, 3.8) is 0 Å². The molecule has 1 aromatic carbocycles. The Hall–Kier alpha value is -0.774. The summed E-state index contributed by atoms with van der Waals surface area (Å²) in [6.45, 7) is 4.88. The molecule has 0 radical (unpaired) electrons. The summed E-state index contributed by atoms with van der Waals surface area (Å²) >= 11 is 0. The van der Waals surface area contributed by atoms with Gasteiger partial charge in [-0.05, 0) is 24.6 Å². The Morgan fingerprint density at radius 2 is 2.04 bits per heavy atom. The zero-order valence-corrected chi connectivity index (χ0v) is 17.7. The number of aliphatic hydroxyl groups is 1. The number of aryl methyl sites for hydroxylation is 1. The normalized spacial score (nSPS) is 24.3. The SMILES string of the molecule is Cc1ccc(F)c2[nH]c(C(=O)NC3(C(=O)[O-])CC(O)C3(C)C)cc12.[K+]. The number of halogens is 1. The average molecular weight is 372 g/mol. The van der Waals surface area contributed by atoms with Crippen LogP contribution in [0.4, 0.5) is 4.39 Å². The molecule has 3 rings (SSSR count). The summed E-state index contributed by atoms with van der Waals surface area (Å²) in [5.41, 5.74) is -1.72. The Balaban J connectivity index is 0.00000225. The number of nitrogens with one attached hydrogen (secondary N) is 2. The predicted octanol–water partition coefficient (Wildman–Crippen LogP) is -2.37. The van der Waals surface area contributed by atoms with Gasteiger partial charge in [-0.25, -0.2) is 4.39 Å². The Bertz CT molecular complexity index is 825. The molecular weight excluding hydrogens is 354 g/mol. The summed E-state index contributed by atoms with van der Waals surface area (Å²) in [5.74, 6) is -2.64. The molecule has 3 N–H and O–H groups in total. The van der Waals surface area contributed by atoms with Crippen LogP contribution < -0.4 is 61.8 Å². The van der Waals surface area contributed by atoms with Crippen molar-refractivity contribution in [1.82, 2.24) is 10.3 Å². The Kier molecular flexibility index (Phi) is 5.55. The van der Waals surface area contributed by atoms with E-state index in [2.05, 4.69) is 10.3 Å². The second-order valence-corrected chi connectivity index (χ2v) is 6.92. The number of H-pyrrole nitrogens is 1. The van der Waals surface area contributed by atoms with Crippen molar-refractivity contribution in [2.24, 2.45) is 5.41 Å². The van der Waals surface area contributed by atoms with Gasteiger partial charge in [0.2, 0.25) is 0 Å². The summed E-state index contributed by atoms with van der Waals surface area (Å²) < 4.78 is 13.9. The molecule has 2 atom stereocenters. The van der Waals surface area contributed by atoms with Crippen LogP contribution in [0.1, 0.15) is 36.3 Å². The van der Waals surface area contributed by atoms with Crippen molar-refractivity contribution in [2.45, 2.75) is 38.8 Å². The van der Waals surface area contributed by atoms with E-state index in [9.17, 15) is 24.2 Å². The van der Waals surface area contributed by atoms with E-state index < -0.39 is 34.8 Å². The zero-order chi connectivity index (χ0) is 17.9. The number of carboxylic acid groups (broad SMARTS) is 1. The fourth-order valence-corrected chi connectivity index (χ4v) is 3.28. The van der Waals surface area contributed by atoms with Gasteiger partial charge in [0.15, 0.2) is 0 Å². The summed E-state index contributed by atoms with van der Waals surface area (Å²) in [6.07, 6.45) is -1.00. The summed E-state index contributed by atoms with van der Waals surface area (Å²) in [5, 5.41) is 24.4. The minimum Gasteiger partial charge on any atom is -0.548 e. The van der Waals surface area contributed by atoms with Crippen LogP contribution in [-0.2, 0) is 4.79 Å². The number of aliphatic hydroxyl groups excluding tert-OH is 1. The fraction of sp³-hybridized carbons (Fsp3) is 0.412. The molecule has 8 heteroatoms. The van der Waals surface area contributed by atoms with Crippen LogP contribution >= 0.6 is 0 Å². The number of carbonyl (C=O) groups is 2. The van der Waals surface area contributed by atoms with E-state index in [0.717, 1.165) is 5.56 Å². The molecule has 1 amide bonds. The van der Waals surface area contributed by atoms with Crippen LogP contribution in [0.2, 0.25) is 0 Å². The number of carboxylic acids is 1. The maximum atomic E-state index is 13.9. The topological polar surface area (TPSA) is 105 Å². The van der Waals surface area contributed by atoms with Gasteiger partial charge in [0, 0.05) is 17.2 Å². The van der Waals surface area contributed by atoms with E-state index in [-0.39, 0.29) is 69.0 Å². The molecule has 128 valence electrons. The monoisotopic (exact) mass is 372 g/mol. The second-order valence-electron chi connectivity index (χ2n) is 6.92. The molecule has 1 aromatic heterocycles. The number of amides is 1. The van der Waals surface area contributed by atoms with Crippen molar-refractivity contribution in [1.29, 1.82) is 0 Å². The minimum atomic E-state index is -1.67. The van der Waals surface area contributed by atoms with E-state index >= 15 is 0 Å². The Morgan fingerprint density at radius 3 is 2.52 bits per heavy atom. The van der Waals surface area contributed by atoms with Gasteiger partial charge < -0.3 is 25.3 Å². The molecule has 1 saturated carbocycles. The molecule has 2 aromatic rings. The second kappa shape index (κ2) is 6.75. The molecule has 2 unspecified atom stereocenters. The molecule has 0 aliphatic heterocycles. The molecular formula is C17H18FKN2O4. The van der Waals surface area contributed by atoms with Crippen LogP contribution in [0.25, 0.3) is 10.9 Å².